The number of hydrogen-bond donors (Lipinski definition) is 1. The molecule has 0 aromatic heterocycles. The second kappa shape index (κ2) is 9.08. The number of rotatable bonds is 3. The Morgan fingerprint density at radius 3 is 2.51 bits per heavy atom. The molecule has 1 saturated carbocycles. The van der Waals surface area contributed by atoms with E-state index in [1.807, 2.05) is 6.08 Å². The number of carbonyl (C=O) groups excluding carboxylic acids is 4. The number of para-hydroxylation sites is 1. The Morgan fingerprint density at radius 1 is 1.03 bits per heavy atom. The number of phenolic OH excluding ortho intramolecular Hbond substituents is 1. The summed E-state index contributed by atoms with van der Waals surface area (Å²) in [5.41, 5.74) is 1.96. The van der Waals surface area contributed by atoms with Gasteiger partial charge in [0, 0.05) is 34.7 Å². The van der Waals surface area contributed by atoms with E-state index >= 15 is 0 Å². The molecular weight excluding hydrogens is 538 g/mol. The number of halogens is 1. The predicted octanol–water partition coefficient (Wildman–Crippen LogP) is 4.50. The standard InChI is InChI=1S/C29H28BrNO6/c1-37-22-9-5-8-16(27(22)34)23-15-10-11-17-24(29(36)31(28(17)35)14-6-3-2-4-7-14)18(15)12-19-25(23)21(32)13-20(30)26(19)33/h5,8-10,13-14,17-18,23-24,34H,2-4,6-7,11-12H2,1H3/t17-,18+,23+,24-/m0/s1. The second-order valence-electron chi connectivity index (χ2n) is 10.6. The van der Waals surface area contributed by atoms with Crippen molar-refractivity contribution in [2.24, 2.45) is 17.8 Å². The first kappa shape index (κ1) is 24.3. The van der Waals surface area contributed by atoms with Crippen molar-refractivity contribution in [1.82, 2.24) is 4.90 Å². The molecular formula is C29H28BrNO6. The van der Waals surface area contributed by atoms with Gasteiger partial charge in [-0.2, -0.15) is 0 Å². The highest BCUT2D eigenvalue weighted by Gasteiger charge is 2.57. The molecule has 0 radical (unpaired) electrons. The number of allylic oxidation sites excluding steroid dienone is 6. The highest BCUT2D eigenvalue weighted by molar-refractivity contribution is 9.12. The zero-order chi connectivity index (χ0) is 26.0. The Hall–Kier alpha value is -3.00. The maximum atomic E-state index is 13.9. The molecule has 5 aliphatic rings. The summed E-state index contributed by atoms with van der Waals surface area (Å²) in [6.07, 6.45) is 8.68. The van der Waals surface area contributed by atoms with Crippen molar-refractivity contribution in [3.05, 3.63) is 57.1 Å². The normalized spacial score (nSPS) is 30.1. The number of benzene rings is 1. The Kier molecular flexibility index (Phi) is 5.97. The number of fused-ring (bicyclic) bond motifs is 3. The topological polar surface area (TPSA) is 101 Å². The fraction of sp³-hybridized carbons (Fsp3) is 0.448. The summed E-state index contributed by atoms with van der Waals surface area (Å²) in [7, 11) is 1.45. The quantitative estimate of drug-likeness (QED) is 0.329. The fourth-order valence-corrected chi connectivity index (χ4v) is 7.67. The molecule has 2 amide bonds. The SMILES string of the molecule is COc1cccc([C@H]2C3=CC[C@@H]4C(=O)N(C5CCCCC5)C(=O)[C@@H]4[C@@H]3CC3=C2C(=O)C=C(Br)C3=O)c1O. The Labute approximate surface area is 223 Å². The van der Waals surface area contributed by atoms with Crippen molar-refractivity contribution >= 4 is 39.3 Å². The number of imide groups is 1. The Balaban J connectivity index is 1.48. The number of phenols is 1. The molecule has 1 aliphatic heterocycles. The van der Waals surface area contributed by atoms with Crippen molar-refractivity contribution in [3.8, 4) is 11.5 Å². The van der Waals surface area contributed by atoms with Gasteiger partial charge in [-0.15, -0.1) is 0 Å². The summed E-state index contributed by atoms with van der Waals surface area (Å²) in [5.74, 6) is -2.83. The van der Waals surface area contributed by atoms with Gasteiger partial charge in [0.15, 0.2) is 23.1 Å². The maximum absolute atomic E-state index is 13.9. The molecule has 1 aromatic carbocycles. The Bertz CT molecular complexity index is 1330. The van der Waals surface area contributed by atoms with Crippen LogP contribution in [0.2, 0.25) is 0 Å². The van der Waals surface area contributed by atoms with Gasteiger partial charge < -0.3 is 9.84 Å². The summed E-state index contributed by atoms with van der Waals surface area (Å²) < 4.78 is 5.52. The van der Waals surface area contributed by atoms with E-state index in [0.29, 0.717) is 23.1 Å². The molecule has 1 aromatic rings. The molecule has 1 saturated heterocycles. The van der Waals surface area contributed by atoms with Gasteiger partial charge in [-0.3, -0.25) is 24.1 Å². The number of methoxy groups -OCH3 is 1. The lowest BCUT2D eigenvalue weighted by Gasteiger charge is -2.42. The van der Waals surface area contributed by atoms with Crippen molar-refractivity contribution < 1.29 is 29.0 Å². The van der Waals surface area contributed by atoms with Crippen molar-refractivity contribution in [2.45, 2.75) is 56.9 Å². The van der Waals surface area contributed by atoms with Crippen molar-refractivity contribution in [3.63, 3.8) is 0 Å². The third-order valence-corrected chi connectivity index (χ3v) is 9.46. The van der Waals surface area contributed by atoms with E-state index in [9.17, 15) is 24.3 Å². The molecule has 0 spiro atoms. The number of aromatic hydroxyl groups is 1. The van der Waals surface area contributed by atoms with Crippen LogP contribution < -0.4 is 4.74 Å². The van der Waals surface area contributed by atoms with Crippen LogP contribution in [-0.2, 0) is 19.2 Å². The molecule has 4 atom stereocenters. The molecule has 1 heterocycles. The van der Waals surface area contributed by atoms with E-state index in [0.717, 1.165) is 37.7 Å². The first-order chi connectivity index (χ1) is 17.8. The summed E-state index contributed by atoms with van der Waals surface area (Å²) in [6, 6.07) is 5.03. The summed E-state index contributed by atoms with van der Waals surface area (Å²) >= 11 is 3.24. The van der Waals surface area contributed by atoms with Crippen LogP contribution in [0.25, 0.3) is 0 Å². The van der Waals surface area contributed by atoms with Gasteiger partial charge in [0.05, 0.1) is 23.4 Å². The number of Topliss-reactive ketones (excluding diaryl/α,β-unsaturated/α-hetero) is 1. The lowest BCUT2D eigenvalue weighted by molar-refractivity contribution is -0.143. The van der Waals surface area contributed by atoms with Crippen molar-refractivity contribution in [1.29, 1.82) is 0 Å². The minimum atomic E-state index is -0.704. The third-order valence-electron chi connectivity index (χ3n) is 8.87. The number of carbonyl (C=O) groups is 4. The van der Waals surface area contributed by atoms with Gasteiger partial charge >= 0.3 is 0 Å². The summed E-state index contributed by atoms with van der Waals surface area (Å²) in [4.78, 5) is 55.6. The predicted molar refractivity (Wildman–Crippen MR) is 138 cm³/mol. The third kappa shape index (κ3) is 3.59. The number of amides is 2. The van der Waals surface area contributed by atoms with Crippen LogP contribution in [-0.4, -0.2) is 46.5 Å². The molecule has 0 unspecified atom stereocenters. The monoisotopic (exact) mass is 565 g/mol. The van der Waals surface area contributed by atoms with Crippen LogP contribution in [0.4, 0.5) is 0 Å². The molecule has 7 nitrogen and oxygen atoms in total. The molecule has 37 heavy (non-hydrogen) atoms. The minimum Gasteiger partial charge on any atom is -0.504 e. The van der Waals surface area contributed by atoms with Gasteiger partial charge in [0.1, 0.15) is 0 Å². The van der Waals surface area contributed by atoms with Crippen LogP contribution in [0, 0.1) is 17.8 Å². The summed E-state index contributed by atoms with van der Waals surface area (Å²) in [6.45, 7) is 0. The molecule has 0 bridgehead atoms. The molecule has 6 rings (SSSR count). The fourth-order valence-electron chi connectivity index (χ4n) is 7.22. The highest BCUT2D eigenvalue weighted by Crippen LogP contribution is 2.57. The van der Waals surface area contributed by atoms with Gasteiger partial charge in [-0.25, -0.2) is 0 Å². The average molecular weight is 566 g/mol. The van der Waals surface area contributed by atoms with E-state index in [4.69, 9.17) is 4.74 Å². The zero-order valence-corrected chi connectivity index (χ0v) is 22.1. The van der Waals surface area contributed by atoms with Crippen LogP contribution in [0.3, 0.4) is 0 Å². The van der Waals surface area contributed by atoms with Gasteiger partial charge in [-0.1, -0.05) is 43.0 Å². The zero-order valence-electron chi connectivity index (χ0n) is 20.5. The van der Waals surface area contributed by atoms with Crippen molar-refractivity contribution in [2.75, 3.05) is 7.11 Å². The van der Waals surface area contributed by atoms with Crippen LogP contribution in [0.5, 0.6) is 11.5 Å². The lowest BCUT2D eigenvalue weighted by atomic mass is 9.59. The van der Waals surface area contributed by atoms with E-state index in [2.05, 4.69) is 15.9 Å². The molecule has 192 valence electrons. The second-order valence-corrected chi connectivity index (χ2v) is 11.5. The molecule has 4 aliphatic carbocycles. The lowest BCUT2D eigenvalue weighted by Crippen LogP contribution is -2.43. The first-order valence-electron chi connectivity index (χ1n) is 13.0. The number of nitrogens with zero attached hydrogens (tertiary/aromatic N) is 1. The largest absolute Gasteiger partial charge is 0.504 e. The smallest absolute Gasteiger partial charge is 0.233 e. The summed E-state index contributed by atoms with van der Waals surface area (Å²) in [5, 5.41) is 11.1. The highest BCUT2D eigenvalue weighted by atomic mass is 79.9. The number of likely N-dealkylation sites (tertiary alicyclic amines) is 1. The molecule has 2 fully saturated rings. The average Bonchev–Trinajstić information content (AvgIpc) is 3.16. The first-order valence-corrected chi connectivity index (χ1v) is 13.7. The molecule has 8 heteroatoms. The van der Waals surface area contributed by atoms with E-state index < -0.39 is 23.7 Å². The number of ketones is 2. The number of hydrogen-bond acceptors (Lipinski definition) is 6. The van der Waals surface area contributed by atoms with Crippen LogP contribution in [0.15, 0.2) is 51.6 Å². The van der Waals surface area contributed by atoms with E-state index in [1.54, 1.807) is 18.2 Å². The Morgan fingerprint density at radius 2 is 1.78 bits per heavy atom. The van der Waals surface area contributed by atoms with Gasteiger partial charge in [0.2, 0.25) is 11.8 Å². The van der Waals surface area contributed by atoms with Gasteiger partial charge in [0.25, 0.3) is 0 Å². The number of ether oxygens (including phenoxy) is 1. The van der Waals surface area contributed by atoms with E-state index in [-0.39, 0.29) is 51.8 Å². The maximum Gasteiger partial charge on any atom is 0.233 e. The van der Waals surface area contributed by atoms with E-state index in [1.165, 1.54) is 18.1 Å². The minimum absolute atomic E-state index is 0.0608. The van der Waals surface area contributed by atoms with Gasteiger partial charge in [-0.05, 0) is 53.6 Å². The van der Waals surface area contributed by atoms with Crippen LogP contribution in [0.1, 0.15) is 56.4 Å². The van der Waals surface area contributed by atoms with Crippen LogP contribution >= 0.6 is 15.9 Å². The molecule has 1 N–H and O–H groups in total.